The first kappa shape index (κ1) is 22.3. The molecule has 7 heteroatoms. The highest BCUT2D eigenvalue weighted by atomic mass is 79.9. The molecule has 160 valence electrons. The molecule has 0 aromatic heterocycles. The lowest BCUT2D eigenvalue weighted by Crippen LogP contribution is -2.46. The fourth-order valence-corrected chi connectivity index (χ4v) is 3.85. The number of nitrogens with one attached hydrogen (secondary N) is 2. The van der Waals surface area contributed by atoms with Gasteiger partial charge in [0.1, 0.15) is 0 Å². The first-order valence-electron chi connectivity index (χ1n) is 10.2. The van der Waals surface area contributed by atoms with E-state index >= 15 is 0 Å². The van der Waals surface area contributed by atoms with E-state index in [0.717, 1.165) is 10.0 Å². The molecular weight excluding hydrogens is 446 g/mol. The van der Waals surface area contributed by atoms with Crippen LogP contribution < -0.4 is 10.6 Å². The van der Waals surface area contributed by atoms with Gasteiger partial charge >= 0.3 is 6.03 Å². The van der Waals surface area contributed by atoms with Gasteiger partial charge in [0.25, 0.3) is 0 Å². The number of likely N-dealkylation sites (tertiary alicyclic amines) is 1. The molecule has 0 aliphatic carbocycles. The van der Waals surface area contributed by atoms with Crippen molar-refractivity contribution in [2.24, 2.45) is 5.92 Å². The molecule has 1 heterocycles. The van der Waals surface area contributed by atoms with E-state index in [-0.39, 0.29) is 17.9 Å². The predicted molar refractivity (Wildman–Crippen MR) is 122 cm³/mol. The molecule has 6 nitrogen and oxygen atoms in total. The number of amides is 3. The monoisotopic (exact) mass is 473 g/mol. The van der Waals surface area contributed by atoms with Crippen LogP contribution in [0.4, 0.5) is 16.2 Å². The highest BCUT2D eigenvalue weighted by molar-refractivity contribution is 9.10. The number of aliphatic hydroxyl groups is 1. The van der Waals surface area contributed by atoms with Gasteiger partial charge in [0.2, 0.25) is 5.91 Å². The lowest BCUT2D eigenvalue weighted by atomic mass is 9.84. The molecule has 3 rings (SSSR count). The molecular formula is C23H28BrN3O3. The van der Waals surface area contributed by atoms with Crippen molar-refractivity contribution in [3.63, 3.8) is 0 Å². The Morgan fingerprint density at radius 3 is 2.27 bits per heavy atom. The van der Waals surface area contributed by atoms with E-state index in [1.165, 1.54) is 0 Å². The highest BCUT2D eigenvalue weighted by Crippen LogP contribution is 2.33. The molecule has 0 radical (unpaired) electrons. The smallest absolute Gasteiger partial charge is 0.321 e. The Morgan fingerprint density at radius 1 is 1.07 bits per heavy atom. The minimum Gasteiger partial charge on any atom is -0.385 e. The minimum atomic E-state index is -0.919. The van der Waals surface area contributed by atoms with Gasteiger partial charge in [-0.25, -0.2) is 4.79 Å². The second-order valence-electron chi connectivity index (χ2n) is 8.18. The van der Waals surface area contributed by atoms with Crippen LogP contribution in [0.15, 0.2) is 53.0 Å². The molecule has 1 aliphatic heterocycles. The van der Waals surface area contributed by atoms with Gasteiger partial charge in [0.05, 0.1) is 5.60 Å². The van der Waals surface area contributed by atoms with E-state index in [2.05, 4.69) is 26.6 Å². The van der Waals surface area contributed by atoms with Gasteiger partial charge in [-0.3, -0.25) is 4.79 Å². The van der Waals surface area contributed by atoms with Crippen molar-refractivity contribution in [2.75, 3.05) is 23.7 Å². The Balaban J connectivity index is 1.56. The van der Waals surface area contributed by atoms with Gasteiger partial charge < -0.3 is 20.6 Å². The van der Waals surface area contributed by atoms with Crippen LogP contribution in [0.25, 0.3) is 0 Å². The summed E-state index contributed by atoms with van der Waals surface area (Å²) in [6.45, 7) is 4.91. The number of halogens is 1. The van der Waals surface area contributed by atoms with Crippen LogP contribution in [0, 0.1) is 5.92 Å². The van der Waals surface area contributed by atoms with Gasteiger partial charge in [0.15, 0.2) is 0 Å². The average molecular weight is 474 g/mol. The van der Waals surface area contributed by atoms with Gasteiger partial charge in [-0.05, 0) is 54.7 Å². The Morgan fingerprint density at radius 2 is 1.67 bits per heavy atom. The van der Waals surface area contributed by atoms with Gasteiger partial charge in [-0.1, -0.05) is 48.0 Å². The van der Waals surface area contributed by atoms with Crippen LogP contribution in [0.5, 0.6) is 0 Å². The number of carbonyl (C=O) groups excluding carboxylic acids is 2. The topological polar surface area (TPSA) is 81.7 Å². The van der Waals surface area contributed by atoms with Crippen molar-refractivity contribution in [2.45, 2.75) is 38.7 Å². The van der Waals surface area contributed by atoms with Gasteiger partial charge in [-0.15, -0.1) is 0 Å². The molecule has 0 atom stereocenters. The molecule has 3 amide bonds. The number of hydrogen-bond donors (Lipinski definition) is 3. The second kappa shape index (κ2) is 9.62. The van der Waals surface area contributed by atoms with Crippen LogP contribution in [-0.4, -0.2) is 35.0 Å². The molecule has 1 saturated heterocycles. The van der Waals surface area contributed by atoms with Crippen molar-refractivity contribution in [3.8, 4) is 0 Å². The second-order valence-corrected chi connectivity index (χ2v) is 9.10. The number of piperidine rings is 1. The summed E-state index contributed by atoms with van der Waals surface area (Å²) in [6.07, 6.45) is 1.41. The summed E-state index contributed by atoms with van der Waals surface area (Å²) >= 11 is 3.41. The van der Waals surface area contributed by atoms with E-state index in [4.69, 9.17) is 0 Å². The van der Waals surface area contributed by atoms with Crippen molar-refractivity contribution in [3.05, 3.63) is 58.6 Å². The normalized spacial score (nSPS) is 15.7. The molecule has 2 aromatic rings. The van der Waals surface area contributed by atoms with Crippen LogP contribution in [0.1, 0.15) is 38.7 Å². The van der Waals surface area contributed by atoms with Crippen molar-refractivity contribution < 1.29 is 14.7 Å². The zero-order valence-electron chi connectivity index (χ0n) is 17.3. The molecule has 1 fully saturated rings. The number of nitrogens with zero attached hydrogens (tertiary/aromatic N) is 1. The number of carbonyl (C=O) groups is 2. The van der Waals surface area contributed by atoms with Crippen molar-refractivity contribution in [1.29, 1.82) is 0 Å². The maximum absolute atomic E-state index is 12.7. The summed E-state index contributed by atoms with van der Waals surface area (Å²) in [7, 11) is 0. The molecule has 3 N–H and O–H groups in total. The van der Waals surface area contributed by atoms with Crippen LogP contribution in [0.3, 0.4) is 0 Å². The molecule has 0 saturated carbocycles. The third-order valence-corrected chi connectivity index (χ3v) is 5.78. The van der Waals surface area contributed by atoms with Crippen LogP contribution in [-0.2, 0) is 10.4 Å². The largest absolute Gasteiger partial charge is 0.385 e. The third kappa shape index (κ3) is 5.83. The standard InChI is InChI=1S/C23H28BrN3O3/c1-16(2)14-21(28)25-19-4-3-5-20(15-19)26-22(29)27-12-10-23(30,11-13-27)17-6-8-18(24)9-7-17/h3-9,15-16,30H,10-14H2,1-2H3,(H,25,28)(H,26,29). The molecule has 0 spiro atoms. The first-order chi connectivity index (χ1) is 14.2. The van der Waals surface area contributed by atoms with Gasteiger partial charge in [0, 0.05) is 35.4 Å². The Bertz CT molecular complexity index is 891. The van der Waals surface area contributed by atoms with E-state index < -0.39 is 5.60 Å². The molecule has 30 heavy (non-hydrogen) atoms. The van der Waals surface area contributed by atoms with E-state index in [0.29, 0.717) is 43.7 Å². The number of rotatable bonds is 5. The molecule has 0 unspecified atom stereocenters. The minimum absolute atomic E-state index is 0.0447. The van der Waals surface area contributed by atoms with Crippen LogP contribution >= 0.6 is 15.9 Å². The van der Waals surface area contributed by atoms with Crippen molar-refractivity contribution >= 4 is 39.2 Å². The molecule has 2 aromatic carbocycles. The summed E-state index contributed by atoms with van der Waals surface area (Å²) in [5.41, 5.74) is 1.23. The van der Waals surface area contributed by atoms with E-state index in [1.54, 1.807) is 29.2 Å². The maximum Gasteiger partial charge on any atom is 0.321 e. The third-order valence-electron chi connectivity index (χ3n) is 5.25. The van der Waals surface area contributed by atoms with E-state index in [1.807, 2.05) is 38.1 Å². The molecule has 1 aliphatic rings. The number of hydrogen-bond acceptors (Lipinski definition) is 3. The Hall–Kier alpha value is -2.38. The summed E-state index contributed by atoms with van der Waals surface area (Å²) in [5, 5.41) is 16.7. The quantitative estimate of drug-likeness (QED) is 0.574. The number of benzene rings is 2. The summed E-state index contributed by atoms with van der Waals surface area (Å²) in [5.74, 6) is 0.236. The molecule has 0 bridgehead atoms. The zero-order valence-corrected chi connectivity index (χ0v) is 18.9. The van der Waals surface area contributed by atoms with E-state index in [9.17, 15) is 14.7 Å². The fourth-order valence-electron chi connectivity index (χ4n) is 3.59. The van der Waals surface area contributed by atoms with Crippen LogP contribution in [0.2, 0.25) is 0 Å². The van der Waals surface area contributed by atoms with Crippen molar-refractivity contribution in [1.82, 2.24) is 4.90 Å². The fraction of sp³-hybridized carbons (Fsp3) is 0.391. The predicted octanol–water partition coefficient (Wildman–Crippen LogP) is 4.95. The zero-order chi connectivity index (χ0) is 21.7. The maximum atomic E-state index is 12.7. The lowest BCUT2D eigenvalue weighted by molar-refractivity contribution is -0.116. The summed E-state index contributed by atoms with van der Waals surface area (Å²) < 4.78 is 0.967. The Labute approximate surface area is 185 Å². The summed E-state index contributed by atoms with van der Waals surface area (Å²) in [4.78, 5) is 26.4. The highest BCUT2D eigenvalue weighted by Gasteiger charge is 2.35. The number of urea groups is 1. The summed E-state index contributed by atoms with van der Waals surface area (Å²) in [6, 6.07) is 14.6. The van der Waals surface area contributed by atoms with Gasteiger partial charge in [-0.2, -0.15) is 0 Å². The first-order valence-corrected chi connectivity index (χ1v) is 11.0. The number of anilines is 2. The average Bonchev–Trinajstić information content (AvgIpc) is 2.68. The lowest BCUT2D eigenvalue weighted by Gasteiger charge is -2.38. The Kier molecular flexibility index (Phi) is 7.15. The SMILES string of the molecule is CC(C)CC(=O)Nc1cccc(NC(=O)N2CCC(O)(c3ccc(Br)cc3)CC2)c1.